The van der Waals surface area contributed by atoms with Gasteiger partial charge in [-0.25, -0.2) is 0 Å². The summed E-state index contributed by atoms with van der Waals surface area (Å²) in [6, 6.07) is 0. The number of nitrogens with one attached hydrogen (secondary N) is 1. The van der Waals surface area contributed by atoms with E-state index in [0.717, 1.165) is 12.8 Å². The molecule has 0 radical (unpaired) electrons. The van der Waals surface area contributed by atoms with Crippen LogP contribution in [-0.2, 0) is 9.59 Å². The molecule has 2 fully saturated rings. The third-order valence-corrected chi connectivity index (χ3v) is 4.03. The molecule has 4 heteroatoms. The van der Waals surface area contributed by atoms with Crippen LogP contribution in [0.25, 0.3) is 0 Å². The first kappa shape index (κ1) is 11.4. The average Bonchev–Trinajstić information content (AvgIpc) is 2.97. The average molecular weight is 224 g/mol. The highest BCUT2D eigenvalue weighted by Crippen LogP contribution is 2.42. The van der Waals surface area contributed by atoms with E-state index < -0.39 is 5.54 Å². The number of rotatable bonds is 2. The molecule has 4 nitrogen and oxygen atoms in total. The van der Waals surface area contributed by atoms with E-state index in [2.05, 4.69) is 12.2 Å². The van der Waals surface area contributed by atoms with Gasteiger partial charge in [0.05, 0.1) is 0 Å². The fourth-order valence-corrected chi connectivity index (χ4v) is 2.24. The van der Waals surface area contributed by atoms with Crippen LogP contribution in [0.15, 0.2) is 0 Å². The van der Waals surface area contributed by atoms with E-state index >= 15 is 0 Å². The van der Waals surface area contributed by atoms with Crippen LogP contribution in [0, 0.1) is 0 Å². The van der Waals surface area contributed by atoms with Crippen LogP contribution in [-0.4, -0.2) is 34.3 Å². The summed E-state index contributed by atoms with van der Waals surface area (Å²) in [5, 5.41) is 2.85. The Morgan fingerprint density at radius 1 is 1.31 bits per heavy atom. The Bertz CT molecular complexity index is 336. The number of carbonyl (C=O) groups excluding carboxylic acids is 2. The molecular weight excluding hydrogens is 204 g/mol. The molecule has 0 aromatic heterocycles. The fourth-order valence-electron chi connectivity index (χ4n) is 2.24. The summed E-state index contributed by atoms with van der Waals surface area (Å²) in [7, 11) is 0. The van der Waals surface area contributed by atoms with Crippen molar-refractivity contribution in [2.24, 2.45) is 0 Å². The highest BCUT2D eigenvalue weighted by Gasteiger charge is 2.51. The lowest BCUT2D eigenvalue weighted by atomic mass is 9.96. The molecule has 0 aromatic carbocycles. The maximum absolute atomic E-state index is 12.4. The molecule has 0 aromatic rings. The highest BCUT2D eigenvalue weighted by atomic mass is 16.2. The van der Waals surface area contributed by atoms with Crippen molar-refractivity contribution in [1.29, 1.82) is 0 Å². The van der Waals surface area contributed by atoms with Crippen LogP contribution in [0.4, 0.5) is 0 Å². The maximum Gasteiger partial charge on any atom is 0.248 e. The van der Waals surface area contributed by atoms with Crippen LogP contribution in [0.3, 0.4) is 0 Å². The molecule has 0 bridgehead atoms. The van der Waals surface area contributed by atoms with E-state index in [1.807, 2.05) is 18.7 Å². The summed E-state index contributed by atoms with van der Waals surface area (Å²) < 4.78 is 0. The molecule has 1 saturated heterocycles. The van der Waals surface area contributed by atoms with Crippen molar-refractivity contribution in [2.75, 3.05) is 6.54 Å². The van der Waals surface area contributed by atoms with Crippen LogP contribution >= 0.6 is 0 Å². The van der Waals surface area contributed by atoms with Crippen molar-refractivity contribution in [3.63, 3.8) is 0 Å². The van der Waals surface area contributed by atoms with Gasteiger partial charge in [0.15, 0.2) is 0 Å². The van der Waals surface area contributed by atoms with Gasteiger partial charge in [-0.15, -0.1) is 0 Å². The van der Waals surface area contributed by atoms with Gasteiger partial charge >= 0.3 is 0 Å². The van der Waals surface area contributed by atoms with Gasteiger partial charge in [0, 0.05) is 18.5 Å². The lowest BCUT2D eigenvalue weighted by Crippen LogP contribution is -2.56. The minimum Gasteiger partial charge on any atom is -0.342 e. The first-order valence-corrected chi connectivity index (χ1v) is 6.04. The van der Waals surface area contributed by atoms with Gasteiger partial charge in [-0.1, -0.05) is 6.92 Å². The third kappa shape index (κ3) is 1.70. The normalized spacial score (nSPS) is 33.3. The minimum atomic E-state index is -0.709. The Morgan fingerprint density at radius 3 is 2.44 bits per heavy atom. The lowest BCUT2D eigenvalue weighted by molar-refractivity contribution is -0.140. The topological polar surface area (TPSA) is 49.4 Å². The molecule has 2 aliphatic rings. The smallest absolute Gasteiger partial charge is 0.248 e. The van der Waals surface area contributed by atoms with E-state index in [-0.39, 0.29) is 17.4 Å². The number of hydrogen-bond acceptors (Lipinski definition) is 2. The van der Waals surface area contributed by atoms with Gasteiger partial charge in [0.2, 0.25) is 11.8 Å². The second kappa shape index (κ2) is 3.47. The summed E-state index contributed by atoms with van der Waals surface area (Å²) >= 11 is 0. The predicted molar refractivity (Wildman–Crippen MR) is 60.8 cm³/mol. The highest BCUT2D eigenvalue weighted by molar-refractivity contribution is 5.93. The first-order chi connectivity index (χ1) is 7.41. The molecule has 1 N–H and O–H groups in total. The molecule has 1 aliphatic carbocycles. The van der Waals surface area contributed by atoms with E-state index in [1.165, 1.54) is 0 Å². The Balaban J connectivity index is 2.28. The summed E-state index contributed by atoms with van der Waals surface area (Å²) in [5.41, 5.74) is -0.695. The van der Waals surface area contributed by atoms with E-state index in [9.17, 15) is 9.59 Å². The zero-order valence-electron chi connectivity index (χ0n) is 10.3. The molecule has 16 heavy (non-hydrogen) atoms. The van der Waals surface area contributed by atoms with Gasteiger partial charge in [-0.2, -0.15) is 0 Å². The monoisotopic (exact) mass is 224 g/mol. The summed E-state index contributed by atoms with van der Waals surface area (Å²) in [6.07, 6.45) is 3.19. The SMILES string of the molecule is CCC1(C)NC(=O)CCN(C2(C)CC2)C1=O. The minimum absolute atomic E-state index is 0.00977. The number of carbonyl (C=O) groups is 2. The molecule has 1 saturated carbocycles. The molecular formula is C12H20N2O2. The second-order valence-electron chi connectivity index (χ2n) is 5.44. The van der Waals surface area contributed by atoms with Gasteiger partial charge in [0.25, 0.3) is 0 Å². The van der Waals surface area contributed by atoms with Gasteiger partial charge in [-0.3, -0.25) is 9.59 Å². The van der Waals surface area contributed by atoms with Crippen molar-refractivity contribution < 1.29 is 9.59 Å². The number of nitrogens with zero attached hydrogens (tertiary/aromatic N) is 1. The van der Waals surface area contributed by atoms with Crippen molar-refractivity contribution in [2.45, 2.75) is 57.5 Å². The van der Waals surface area contributed by atoms with Crippen LogP contribution in [0.2, 0.25) is 0 Å². The number of hydrogen-bond donors (Lipinski definition) is 1. The van der Waals surface area contributed by atoms with Crippen LogP contribution < -0.4 is 5.32 Å². The van der Waals surface area contributed by atoms with Crippen molar-refractivity contribution in [3.05, 3.63) is 0 Å². The van der Waals surface area contributed by atoms with E-state index in [0.29, 0.717) is 19.4 Å². The summed E-state index contributed by atoms with van der Waals surface area (Å²) in [6.45, 7) is 6.45. The molecule has 1 unspecified atom stereocenters. The predicted octanol–water partition coefficient (Wildman–Crippen LogP) is 1.06. The van der Waals surface area contributed by atoms with E-state index in [1.54, 1.807) is 0 Å². The Morgan fingerprint density at radius 2 is 1.94 bits per heavy atom. The maximum atomic E-state index is 12.4. The second-order valence-corrected chi connectivity index (χ2v) is 5.44. The Hall–Kier alpha value is -1.06. The largest absolute Gasteiger partial charge is 0.342 e. The Labute approximate surface area is 96.4 Å². The standard InChI is InChI=1S/C12H20N2O2/c1-4-12(3)10(16)14(11(2)6-7-11)8-5-9(15)13-12/h4-8H2,1-3H3,(H,13,15). The van der Waals surface area contributed by atoms with Crippen molar-refractivity contribution in [3.8, 4) is 0 Å². The molecule has 1 aliphatic heterocycles. The number of amides is 2. The van der Waals surface area contributed by atoms with Gasteiger partial charge in [-0.05, 0) is 33.1 Å². The van der Waals surface area contributed by atoms with Crippen molar-refractivity contribution in [1.82, 2.24) is 10.2 Å². The Kier molecular flexibility index (Phi) is 2.48. The molecule has 0 spiro atoms. The zero-order chi connectivity index (χ0) is 12.0. The van der Waals surface area contributed by atoms with Crippen molar-refractivity contribution >= 4 is 11.8 Å². The first-order valence-electron chi connectivity index (χ1n) is 6.04. The van der Waals surface area contributed by atoms with Crippen LogP contribution in [0.1, 0.15) is 46.5 Å². The molecule has 1 atom stereocenters. The molecule has 2 amide bonds. The summed E-state index contributed by atoms with van der Waals surface area (Å²) in [4.78, 5) is 26.0. The van der Waals surface area contributed by atoms with Gasteiger partial charge < -0.3 is 10.2 Å². The fraction of sp³-hybridized carbons (Fsp3) is 0.833. The van der Waals surface area contributed by atoms with Crippen LogP contribution in [0.5, 0.6) is 0 Å². The molecule has 90 valence electrons. The third-order valence-electron chi connectivity index (χ3n) is 4.03. The van der Waals surface area contributed by atoms with Gasteiger partial charge in [0.1, 0.15) is 5.54 Å². The zero-order valence-corrected chi connectivity index (χ0v) is 10.3. The quantitative estimate of drug-likeness (QED) is 0.762. The molecule has 2 rings (SSSR count). The molecule has 1 heterocycles. The lowest BCUT2D eigenvalue weighted by Gasteiger charge is -2.35. The van der Waals surface area contributed by atoms with E-state index in [4.69, 9.17) is 0 Å². The summed E-state index contributed by atoms with van der Waals surface area (Å²) in [5.74, 6) is 0.0744.